The van der Waals surface area contributed by atoms with Gasteiger partial charge in [0.15, 0.2) is 0 Å². The first kappa shape index (κ1) is 21.9. The van der Waals surface area contributed by atoms with E-state index in [9.17, 15) is 18.3 Å². The summed E-state index contributed by atoms with van der Waals surface area (Å²) in [6, 6.07) is 12.3. The lowest BCUT2D eigenvalue weighted by molar-refractivity contribution is 0.0699. The molecule has 164 valence electrons. The number of aromatic nitrogens is 1. The lowest BCUT2D eigenvalue weighted by atomic mass is 10.1. The Kier molecular flexibility index (Phi) is 5.92. The predicted molar refractivity (Wildman–Crippen MR) is 124 cm³/mol. The zero-order valence-electron chi connectivity index (χ0n) is 16.3. The van der Waals surface area contributed by atoms with Gasteiger partial charge in [0.2, 0.25) is 0 Å². The second-order valence-corrected chi connectivity index (χ2v) is 9.70. The van der Waals surface area contributed by atoms with Gasteiger partial charge in [-0.3, -0.25) is 4.72 Å². The molecule has 0 unspecified atom stereocenters. The number of thiophene rings is 1. The standard InChI is InChI=1S/C21H16ClN3O5S2/c22-13-4-6-16(7-5-13)32(28,29)25-14-2-1-3-15(8-14)30-10-12-11-31-19-17(21(26)27)9-24-20(23)18(12)19/h1-9,11,25H,10H2,(H2,23,24)(H,26,27). The summed E-state index contributed by atoms with van der Waals surface area (Å²) in [6.07, 6.45) is 1.23. The van der Waals surface area contributed by atoms with Crippen LogP contribution in [0.15, 0.2) is 65.0 Å². The van der Waals surface area contributed by atoms with Crippen LogP contribution in [0.5, 0.6) is 5.75 Å². The number of hydrogen-bond donors (Lipinski definition) is 3. The molecule has 2 heterocycles. The first-order valence-electron chi connectivity index (χ1n) is 9.14. The number of carboxylic acids is 1. The van der Waals surface area contributed by atoms with Crippen LogP contribution in [0.4, 0.5) is 11.5 Å². The third-order valence-electron chi connectivity index (χ3n) is 4.54. The van der Waals surface area contributed by atoms with Crippen molar-refractivity contribution in [2.75, 3.05) is 10.5 Å². The molecule has 2 aromatic carbocycles. The van der Waals surface area contributed by atoms with E-state index in [-0.39, 0.29) is 22.9 Å². The molecule has 11 heteroatoms. The Morgan fingerprint density at radius 1 is 1.22 bits per heavy atom. The maximum Gasteiger partial charge on any atom is 0.338 e. The number of hydrogen-bond acceptors (Lipinski definition) is 7. The molecule has 0 saturated heterocycles. The van der Waals surface area contributed by atoms with Gasteiger partial charge < -0.3 is 15.6 Å². The molecule has 0 amide bonds. The topological polar surface area (TPSA) is 132 Å². The van der Waals surface area contributed by atoms with Crippen molar-refractivity contribution in [3.8, 4) is 5.75 Å². The Labute approximate surface area is 192 Å². The molecule has 2 aromatic heterocycles. The highest BCUT2D eigenvalue weighted by atomic mass is 35.5. The zero-order valence-corrected chi connectivity index (χ0v) is 18.7. The van der Waals surface area contributed by atoms with Gasteiger partial charge in [-0.15, -0.1) is 11.3 Å². The van der Waals surface area contributed by atoms with Crippen molar-refractivity contribution in [2.45, 2.75) is 11.5 Å². The van der Waals surface area contributed by atoms with E-state index >= 15 is 0 Å². The van der Waals surface area contributed by atoms with E-state index in [1.54, 1.807) is 29.6 Å². The number of rotatable bonds is 7. The van der Waals surface area contributed by atoms with E-state index in [1.807, 2.05) is 0 Å². The number of anilines is 2. The number of carboxylic acid groups (broad SMARTS) is 1. The first-order valence-corrected chi connectivity index (χ1v) is 11.9. The minimum atomic E-state index is -3.80. The quantitative estimate of drug-likeness (QED) is 0.345. The second kappa shape index (κ2) is 8.65. The van der Waals surface area contributed by atoms with E-state index in [0.29, 0.717) is 32.1 Å². The number of carbonyl (C=O) groups is 1. The van der Waals surface area contributed by atoms with Gasteiger partial charge in [-0.2, -0.15) is 0 Å². The molecule has 0 aliphatic carbocycles. The SMILES string of the molecule is Nc1ncc(C(=O)O)c2scc(COc3cccc(NS(=O)(=O)c4ccc(Cl)cc4)c3)c12. The van der Waals surface area contributed by atoms with Crippen molar-refractivity contribution in [3.05, 3.63) is 76.3 Å². The largest absolute Gasteiger partial charge is 0.489 e. The molecule has 8 nitrogen and oxygen atoms in total. The molecule has 32 heavy (non-hydrogen) atoms. The lowest BCUT2D eigenvalue weighted by Crippen LogP contribution is -2.12. The zero-order chi connectivity index (χ0) is 22.9. The number of nitrogens with one attached hydrogen (secondary N) is 1. The van der Waals surface area contributed by atoms with E-state index in [1.165, 1.54) is 41.8 Å². The summed E-state index contributed by atoms with van der Waals surface area (Å²) in [5, 5.41) is 12.1. The summed E-state index contributed by atoms with van der Waals surface area (Å²) < 4.78 is 34.0. The number of fused-ring (bicyclic) bond motifs is 1. The third-order valence-corrected chi connectivity index (χ3v) is 7.25. The van der Waals surface area contributed by atoms with Crippen molar-refractivity contribution in [3.63, 3.8) is 0 Å². The summed E-state index contributed by atoms with van der Waals surface area (Å²) in [6.45, 7) is 0.0995. The molecule has 0 saturated carbocycles. The third kappa shape index (κ3) is 4.47. The Morgan fingerprint density at radius 2 is 1.97 bits per heavy atom. The number of aromatic carboxylic acids is 1. The van der Waals surface area contributed by atoms with Crippen LogP contribution in [0.1, 0.15) is 15.9 Å². The van der Waals surface area contributed by atoms with Gasteiger partial charge in [-0.1, -0.05) is 17.7 Å². The molecule has 0 atom stereocenters. The molecule has 0 radical (unpaired) electrons. The summed E-state index contributed by atoms with van der Waals surface area (Å²) in [7, 11) is -3.80. The van der Waals surface area contributed by atoms with E-state index < -0.39 is 16.0 Å². The van der Waals surface area contributed by atoms with Crippen LogP contribution in [0.2, 0.25) is 5.02 Å². The maximum atomic E-state index is 12.6. The van der Waals surface area contributed by atoms with Gasteiger partial charge >= 0.3 is 5.97 Å². The molecule has 4 N–H and O–H groups in total. The highest BCUT2D eigenvalue weighted by Gasteiger charge is 2.17. The van der Waals surface area contributed by atoms with E-state index in [0.717, 1.165) is 0 Å². The average molecular weight is 490 g/mol. The number of halogens is 1. The van der Waals surface area contributed by atoms with Crippen LogP contribution >= 0.6 is 22.9 Å². The Morgan fingerprint density at radius 3 is 2.69 bits per heavy atom. The maximum absolute atomic E-state index is 12.6. The summed E-state index contributed by atoms with van der Waals surface area (Å²) in [4.78, 5) is 15.5. The Balaban J connectivity index is 1.53. The Bertz CT molecular complexity index is 1420. The molecule has 0 aliphatic rings. The normalized spacial score (nSPS) is 11.4. The van der Waals surface area contributed by atoms with Gasteiger partial charge in [0.25, 0.3) is 10.0 Å². The number of pyridine rings is 1. The smallest absolute Gasteiger partial charge is 0.338 e. The number of nitrogens with zero attached hydrogens (tertiary/aromatic N) is 1. The Hall–Kier alpha value is -3.34. The minimum absolute atomic E-state index is 0.0732. The molecule has 0 bridgehead atoms. The lowest BCUT2D eigenvalue weighted by Gasteiger charge is -2.11. The van der Waals surface area contributed by atoms with Crippen molar-refractivity contribution < 1.29 is 23.1 Å². The summed E-state index contributed by atoms with van der Waals surface area (Å²) in [5.74, 6) is -0.451. The van der Waals surface area contributed by atoms with Gasteiger partial charge in [0, 0.05) is 28.2 Å². The van der Waals surface area contributed by atoms with E-state index in [2.05, 4.69) is 9.71 Å². The minimum Gasteiger partial charge on any atom is -0.489 e. The van der Waals surface area contributed by atoms with Gasteiger partial charge in [-0.25, -0.2) is 18.2 Å². The van der Waals surface area contributed by atoms with Crippen molar-refractivity contribution in [1.82, 2.24) is 4.98 Å². The molecular formula is C21H16ClN3O5S2. The van der Waals surface area contributed by atoms with Crippen LogP contribution in [-0.2, 0) is 16.6 Å². The van der Waals surface area contributed by atoms with Crippen LogP contribution in [0, 0.1) is 0 Å². The fourth-order valence-corrected chi connectivity index (χ4v) is 5.27. The fourth-order valence-electron chi connectivity index (χ4n) is 3.03. The van der Waals surface area contributed by atoms with Crippen molar-refractivity contribution >= 4 is 60.5 Å². The predicted octanol–water partition coefficient (Wildman–Crippen LogP) is 4.61. The monoisotopic (exact) mass is 489 g/mol. The van der Waals surface area contributed by atoms with Crippen molar-refractivity contribution in [1.29, 1.82) is 0 Å². The van der Waals surface area contributed by atoms with E-state index in [4.69, 9.17) is 22.1 Å². The van der Waals surface area contributed by atoms with Crippen LogP contribution in [-0.4, -0.2) is 24.5 Å². The summed E-state index contributed by atoms with van der Waals surface area (Å²) >= 11 is 7.06. The first-order chi connectivity index (χ1) is 15.2. The highest BCUT2D eigenvalue weighted by Crippen LogP contribution is 2.33. The number of benzene rings is 2. The van der Waals surface area contributed by atoms with Crippen LogP contribution < -0.4 is 15.2 Å². The second-order valence-electron chi connectivity index (χ2n) is 6.70. The molecular weight excluding hydrogens is 474 g/mol. The van der Waals surface area contributed by atoms with Crippen LogP contribution in [0.25, 0.3) is 10.1 Å². The molecule has 0 spiro atoms. The molecule has 4 aromatic rings. The number of nitrogen functional groups attached to an aromatic ring is 1. The fraction of sp³-hybridized carbons (Fsp3) is 0.0476. The van der Waals surface area contributed by atoms with Gasteiger partial charge in [-0.05, 0) is 41.8 Å². The van der Waals surface area contributed by atoms with Gasteiger partial charge in [0.1, 0.15) is 18.2 Å². The van der Waals surface area contributed by atoms with Crippen molar-refractivity contribution in [2.24, 2.45) is 0 Å². The molecule has 0 fully saturated rings. The van der Waals surface area contributed by atoms with Gasteiger partial charge in [0.05, 0.1) is 20.8 Å². The number of nitrogens with two attached hydrogens (primary N) is 1. The summed E-state index contributed by atoms with van der Waals surface area (Å²) in [5.41, 5.74) is 7.04. The number of sulfonamides is 1. The van der Waals surface area contributed by atoms with Crippen LogP contribution in [0.3, 0.4) is 0 Å². The average Bonchev–Trinajstić information content (AvgIpc) is 3.17. The number of ether oxygens (including phenoxy) is 1. The highest BCUT2D eigenvalue weighted by molar-refractivity contribution is 7.92. The molecule has 4 rings (SSSR count). The molecule has 0 aliphatic heterocycles.